The van der Waals surface area contributed by atoms with Crippen molar-refractivity contribution in [2.45, 2.75) is 6.54 Å². The number of fused-ring (bicyclic) bond motifs is 1. The number of para-hydroxylation sites is 1. The molecule has 1 aromatic heterocycles. The first-order chi connectivity index (χ1) is 12.6. The summed E-state index contributed by atoms with van der Waals surface area (Å²) in [6.07, 6.45) is 0. The highest BCUT2D eigenvalue weighted by Crippen LogP contribution is 2.35. The molecule has 0 spiro atoms. The molecule has 0 aliphatic carbocycles. The second kappa shape index (κ2) is 6.72. The summed E-state index contributed by atoms with van der Waals surface area (Å²) in [5.74, 6) is -0.240. The van der Waals surface area contributed by atoms with E-state index in [0.29, 0.717) is 17.9 Å². The summed E-state index contributed by atoms with van der Waals surface area (Å²) in [4.78, 5) is 15.5. The van der Waals surface area contributed by atoms with Gasteiger partial charge in [0.2, 0.25) is 0 Å². The standard InChI is InChI=1S/C20H19FN4O/c1-24-10-11-25(18-5-3-2-4-16(18)21)19-12-14(6-7-15(19)13-24)17-8-9-20(26)23-22-17/h2-9,12H,10-11,13H2,1H3,(H,23,26). The highest BCUT2D eigenvalue weighted by atomic mass is 19.1. The van der Waals surface area contributed by atoms with Crippen molar-refractivity contribution >= 4 is 11.4 Å². The quantitative estimate of drug-likeness (QED) is 0.771. The van der Waals surface area contributed by atoms with Crippen molar-refractivity contribution in [1.29, 1.82) is 0 Å². The van der Waals surface area contributed by atoms with Gasteiger partial charge in [-0.05, 0) is 36.9 Å². The van der Waals surface area contributed by atoms with Crippen LogP contribution in [0.25, 0.3) is 11.3 Å². The van der Waals surface area contributed by atoms with Crippen LogP contribution in [0.3, 0.4) is 0 Å². The van der Waals surface area contributed by atoms with Crippen molar-refractivity contribution in [3.05, 3.63) is 76.3 Å². The number of nitrogens with zero attached hydrogens (tertiary/aromatic N) is 3. The van der Waals surface area contributed by atoms with Crippen LogP contribution in [0.15, 0.2) is 59.4 Å². The lowest BCUT2D eigenvalue weighted by molar-refractivity contribution is 0.343. The average Bonchev–Trinajstić information content (AvgIpc) is 2.81. The predicted molar refractivity (Wildman–Crippen MR) is 100 cm³/mol. The molecule has 0 fully saturated rings. The van der Waals surface area contributed by atoms with Crippen LogP contribution in [0, 0.1) is 5.82 Å². The van der Waals surface area contributed by atoms with Crippen LogP contribution in [0.2, 0.25) is 0 Å². The lowest BCUT2D eigenvalue weighted by atomic mass is 10.0. The van der Waals surface area contributed by atoms with Crippen LogP contribution in [0.5, 0.6) is 0 Å². The van der Waals surface area contributed by atoms with Gasteiger partial charge in [-0.2, -0.15) is 5.10 Å². The van der Waals surface area contributed by atoms with Crippen LogP contribution in [0.4, 0.5) is 15.8 Å². The number of anilines is 2. The molecule has 0 unspecified atom stereocenters. The summed E-state index contributed by atoms with van der Waals surface area (Å²) in [7, 11) is 2.06. The molecule has 1 aliphatic rings. The summed E-state index contributed by atoms with van der Waals surface area (Å²) < 4.78 is 14.5. The first-order valence-electron chi connectivity index (χ1n) is 8.51. The number of hydrogen-bond donors (Lipinski definition) is 1. The average molecular weight is 350 g/mol. The molecule has 1 aliphatic heterocycles. The molecule has 132 valence electrons. The lowest BCUT2D eigenvalue weighted by Crippen LogP contribution is -2.26. The summed E-state index contributed by atoms with van der Waals surface area (Å²) in [6.45, 7) is 2.31. The smallest absolute Gasteiger partial charge is 0.264 e. The van der Waals surface area contributed by atoms with E-state index in [-0.39, 0.29) is 11.4 Å². The Kier molecular flexibility index (Phi) is 4.26. The minimum absolute atomic E-state index is 0.238. The van der Waals surface area contributed by atoms with Gasteiger partial charge in [0.1, 0.15) is 5.82 Å². The monoisotopic (exact) mass is 350 g/mol. The fourth-order valence-electron chi connectivity index (χ4n) is 3.30. The van der Waals surface area contributed by atoms with Crippen molar-refractivity contribution in [1.82, 2.24) is 15.1 Å². The predicted octanol–water partition coefficient (Wildman–Crippen LogP) is 3.16. The van der Waals surface area contributed by atoms with Crippen LogP contribution in [-0.2, 0) is 6.54 Å². The Balaban J connectivity index is 1.85. The molecule has 3 aromatic rings. The number of likely N-dealkylation sites (N-methyl/N-ethyl adjacent to an activating group) is 1. The molecule has 0 amide bonds. The molecule has 4 rings (SSSR count). The zero-order valence-corrected chi connectivity index (χ0v) is 14.4. The second-order valence-electron chi connectivity index (χ2n) is 6.49. The van der Waals surface area contributed by atoms with Crippen molar-refractivity contribution in [2.75, 3.05) is 25.0 Å². The number of hydrogen-bond acceptors (Lipinski definition) is 4. The van der Waals surface area contributed by atoms with Crippen LogP contribution < -0.4 is 10.5 Å². The topological polar surface area (TPSA) is 52.2 Å². The maximum absolute atomic E-state index is 14.5. The summed E-state index contributed by atoms with van der Waals surface area (Å²) >= 11 is 0. The Morgan fingerprint density at radius 3 is 2.65 bits per heavy atom. The Morgan fingerprint density at radius 2 is 1.88 bits per heavy atom. The van der Waals surface area contributed by atoms with Crippen molar-refractivity contribution < 1.29 is 4.39 Å². The van der Waals surface area contributed by atoms with E-state index in [1.165, 1.54) is 12.1 Å². The first kappa shape index (κ1) is 16.5. The Labute approximate surface area is 150 Å². The van der Waals surface area contributed by atoms with Gasteiger partial charge >= 0.3 is 0 Å². The maximum Gasteiger partial charge on any atom is 0.264 e. The molecule has 0 bridgehead atoms. The van der Waals surface area contributed by atoms with Crippen molar-refractivity contribution in [3.8, 4) is 11.3 Å². The number of H-pyrrole nitrogens is 1. The molecule has 26 heavy (non-hydrogen) atoms. The van der Waals surface area contributed by atoms with Crippen molar-refractivity contribution in [2.24, 2.45) is 0 Å². The fraction of sp³-hybridized carbons (Fsp3) is 0.200. The van der Waals surface area contributed by atoms with Gasteiger partial charge in [-0.25, -0.2) is 9.49 Å². The highest BCUT2D eigenvalue weighted by Gasteiger charge is 2.22. The van der Waals surface area contributed by atoms with E-state index >= 15 is 0 Å². The van der Waals surface area contributed by atoms with Gasteiger partial charge in [-0.1, -0.05) is 24.3 Å². The molecule has 0 radical (unpaired) electrons. The van der Waals surface area contributed by atoms with Crippen LogP contribution in [-0.4, -0.2) is 35.2 Å². The minimum Gasteiger partial charge on any atom is -0.338 e. The molecule has 0 saturated heterocycles. The Hall–Kier alpha value is -2.99. The van der Waals surface area contributed by atoms with Gasteiger partial charge in [0.25, 0.3) is 5.56 Å². The number of aromatic nitrogens is 2. The number of rotatable bonds is 2. The second-order valence-corrected chi connectivity index (χ2v) is 6.49. The third kappa shape index (κ3) is 3.11. The van der Waals surface area contributed by atoms with Gasteiger partial charge in [0.05, 0.1) is 11.4 Å². The molecule has 0 saturated carbocycles. The van der Waals surface area contributed by atoms with E-state index < -0.39 is 0 Å². The normalized spacial score (nSPS) is 14.8. The Bertz CT molecular complexity index is 981. The highest BCUT2D eigenvalue weighted by molar-refractivity contribution is 5.73. The molecular formula is C20H19FN4O. The van der Waals surface area contributed by atoms with Gasteiger partial charge in [-0.3, -0.25) is 4.79 Å². The first-order valence-corrected chi connectivity index (χ1v) is 8.51. The molecule has 6 heteroatoms. The van der Waals surface area contributed by atoms with E-state index in [0.717, 1.165) is 29.9 Å². The van der Waals surface area contributed by atoms with Crippen LogP contribution in [0.1, 0.15) is 5.56 Å². The maximum atomic E-state index is 14.5. The van der Waals surface area contributed by atoms with E-state index in [9.17, 15) is 9.18 Å². The Morgan fingerprint density at radius 1 is 1.04 bits per heavy atom. The van der Waals surface area contributed by atoms with E-state index in [2.05, 4.69) is 22.1 Å². The molecule has 1 N–H and O–H groups in total. The third-order valence-corrected chi connectivity index (χ3v) is 4.64. The van der Waals surface area contributed by atoms with Crippen LogP contribution >= 0.6 is 0 Å². The fourth-order valence-corrected chi connectivity index (χ4v) is 3.30. The van der Waals surface area contributed by atoms with Gasteiger partial charge in [0, 0.05) is 37.0 Å². The van der Waals surface area contributed by atoms with E-state index in [1.807, 2.05) is 29.2 Å². The van der Waals surface area contributed by atoms with Gasteiger partial charge in [-0.15, -0.1) is 0 Å². The summed E-state index contributed by atoms with van der Waals surface area (Å²) in [5.41, 5.74) is 3.98. The van der Waals surface area contributed by atoms with E-state index in [4.69, 9.17) is 0 Å². The number of aromatic amines is 1. The summed E-state index contributed by atoms with van der Waals surface area (Å²) in [5, 5.41) is 6.57. The molecule has 2 aromatic carbocycles. The zero-order valence-electron chi connectivity index (χ0n) is 14.4. The lowest BCUT2D eigenvalue weighted by Gasteiger charge is -2.25. The third-order valence-electron chi connectivity index (χ3n) is 4.64. The van der Waals surface area contributed by atoms with Gasteiger partial charge in [0.15, 0.2) is 0 Å². The van der Waals surface area contributed by atoms with E-state index in [1.54, 1.807) is 18.2 Å². The number of benzene rings is 2. The minimum atomic E-state index is -0.240. The van der Waals surface area contributed by atoms with Gasteiger partial charge < -0.3 is 9.80 Å². The molecule has 2 heterocycles. The zero-order chi connectivity index (χ0) is 18.1. The largest absolute Gasteiger partial charge is 0.338 e. The number of nitrogens with one attached hydrogen (secondary N) is 1. The summed E-state index contributed by atoms with van der Waals surface area (Å²) in [6, 6.07) is 16.0. The van der Waals surface area contributed by atoms with Crippen molar-refractivity contribution in [3.63, 3.8) is 0 Å². The molecule has 0 atom stereocenters. The SMILES string of the molecule is CN1CCN(c2ccccc2F)c2cc(-c3ccc(=O)[nH]n3)ccc2C1. The number of halogens is 1. The molecule has 5 nitrogen and oxygen atoms in total. The molecular weight excluding hydrogens is 331 g/mol.